The molecule has 2 aromatic rings. The summed E-state index contributed by atoms with van der Waals surface area (Å²) in [5, 5.41) is 10.1. The summed E-state index contributed by atoms with van der Waals surface area (Å²) < 4.78 is 0. The number of para-hydroxylation sites is 1. The molecule has 0 bridgehead atoms. The van der Waals surface area contributed by atoms with E-state index in [1.54, 1.807) is 0 Å². The molecule has 0 aliphatic carbocycles. The molecule has 0 radical (unpaired) electrons. The van der Waals surface area contributed by atoms with E-state index in [1.165, 1.54) is 5.56 Å². The molecule has 4 nitrogen and oxygen atoms in total. The Bertz CT molecular complexity index is 640. The van der Waals surface area contributed by atoms with E-state index in [2.05, 4.69) is 28.9 Å². The van der Waals surface area contributed by atoms with Gasteiger partial charge in [0.1, 0.15) is 0 Å². The predicted octanol–water partition coefficient (Wildman–Crippen LogP) is 3.23. The van der Waals surface area contributed by atoms with Crippen LogP contribution in [0.2, 0.25) is 0 Å². The van der Waals surface area contributed by atoms with E-state index >= 15 is 0 Å². The van der Waals surface area contributed by atoms with Crippen LogP contribution in [0.3, 0.4) is 0 Å². The topological polar surface area (TPSA) is 53.4 Å². The molecule has 1 heterocycles. The standard InChI is InChI=1S/C17H22N2O2/c1-4-19(13(3)10-17(20)21)11-14-9-12(2)18-16-8-6-5-7-15(14)16/h5-9,13H,4,10-11H2,1-3H3,(H,20,21). The molecule has 112 valence electrons. The van der Waals surface area contributed by atoms with Crippen LogP contribution in [0, 0.1) is 6.92 Å². The Balaban J connectivity index is 2.31. The summed E-state index contributed by atoms with van der Waals surface area (Å²) in [5.74, 6) is -0.753. The number of rotatable bonds is 6. The molecule has 2 rings (SSSR count). The molecule has 0 fully saturated rings. The minimum Gasteiger partial charge on any atom is -0.481 e. The molecule has 0 saturated carbocycles. The fourth-order valence-corrected chi connectivity index (χ4v) is 2.71. The Labute approximate surface area is 125 Å². The number of hydrogen-bond acceptors (Lipinski definition) is 3. The maximum absolute atomic E-state index is 10.9. The highest BCUT2D eigenvalue weighted by molar-refractivity contribution is 5.82. The summed E-state index contributed by atoms with van der Waals surface area (Å²) in [5.41, 5.74) is 3.19. The van der Waals surface area contributed by atoms with Gasteiger partial charge in [-0.05, 0) is 38.1 Å². The van der Waals surface area contributed by atoms with E-state index in [1.807, 2.05) is 32.0 Å². The molecule has 1 atom stereocenters. The van der Waals surface area contributed by atoms with Crippen LogP contribution in [-0.2, 0) is 11.3 Å². The van der Waals surface area contributed by atoms with Crippen molar-refractivity contribution in [3.8, 4) is 0 Å². The average Bonchev–Trinajstić information content (AvgIpc) is 2.43. The Morgan fingerprint density at radius 1 is 1.38 bits per heavy atom. The summed E-state index contributed by atoms with van der Waals surface area (Å²) in [6.07, 6.45) is 0.163. The minimum absolute atomic E-state index is 0.0136. The summed E-state index contributed by atoms with van der Waals surface area (Å²) in [4.78, 5) is 17.7. The van der Waals surface area contributed by atoms with Crippen molar-refractivity contribution in [3.63, 3.8) is 0 Å². The molecule has 0 aliphatic rings. The highest BCUT2D eigenvalue weighted by Gasteiger charge is 2.17. The fourth-order valence-electron chi connectivity index (χ4n) is 2.71. The first kappa shape index (κ1) is 15.4. The highest BCUT2D eigenvalue weighted by atomic mass is 16.4. The van der Waals surface area contributed by atoms with Gasteiger partial charge in [-0.25, -0.2) is 0 Å². The van der Waals surface area contributed by atoms with E-state index in [-0.39, 0.29) is 12.5 Å². The summed E-state index contributed by atoms with van der Waals surface area (Å²) in [7, 11) is 0. The number of carboxylic acids is 1. The van der Waals surface area contributed by atoms with Crippen LogP contribution in [0.5, 0.6) is 0 Å². The van der Waals surface area contributed by atoms with Gasteiger partial charge in [-0.3, -0.25) is 14.7 Å². The summed E-state index contributed by atoms with van der Waals surface area (Å²) in [6.45, 7) is 7.59. The Morgan fingerprint density at radius 3 is 2.76 bits per heavy atom. The summed E-state index contributed by atoms with van der Waals surface area (Å²) in [6, 6.07) is 10.2. The number of fused-ring (bicyclic) bond motifs is 1. The quantitative estimate of drug-likeness (QED) is 0.886. The van der Waals surface area contributed by atoms with Gasteiger partial charge in [0.2, 0.25) is 0 Å². The first-order valence-corrected chi connectivity index (χ1v) is 7.32. The molecule has 0 aliphatic heterocycles. The molecule has 21 heavy (non-hydrogen) atoms. The number of carbonyl (C=O) groups is 1. The molecule has 4 heteroatoms. The van der Waals surface area contributed by atoms with E-state index in [0.29, 0.717) is 0 Å². The number of hydrogen-bond donors (Lipinski definition) is 1. The number of aliphatic carboxylic acids is 1. The zero-order valence-corrected chi connectivity index (χ0v) is 12.8. The average molecular weight is 286 g/mol. The second kappa shape index (κ2) is 6.68. The molecule has 0 saturated heterocycles. The maximum Gasteiger partial charge on any atom is 0.304 e. The van der Waals surface area contributed by atoms with Gasteiger partial charge in [-0.1, -0.05) is 25.1 Å². The van der Waals surface area contributed by atoms with Crippen LogP contribution in [0.15, 0.2) is 30.3 Å². The lowest BCUT2D eigenvalue weighted by Crippen LogP contribution is -2.34. The van der Waals surface area contributed by atoms with Crippen LogP contribution >= 0.6 is 0 Å². The van der Waals surface area contributed by atoms with Gasteiger partial charge in [-0.2, -0.15) is 0 Å². The van der Waals surface area contributed by atoms with Crippen molar-refractivity contribution < 1.29 is 9.90 Å². The van der Waals surface area contributed by atoms with Crippen molar-refractivity contribution >= 4 is 16.9 Å². The van der Waals surface area contributed by atoms with Gasteiger partial charge in [0.15, 0.2) is 0 Å². The van der Waals surface area contributed by atoms with E-state index < -0.39 is 5.97 Å². The van der Waals surface area contributed by atoms with Gasteiger partial charge in [0.05, 0.1) is 11.9 Å². The van der Waals surface area contributed by atoms with Crippen molar-refractivity contribution in [2.75, 3.05) is 6.54 Å². The van der Waals surface area contributed by atoms with E-state index in [9.17, 15) is 4.79 Å². The minimum atomic E-state index is -0.753. The first-order valence-electron chi connectivity index (χ1n) is 7.32. The second-order valence-corrected chi connectivity index (χ2v) is 5.45. The zero-order valence-electron chi connectivity index (χ0n) is 12.8. The molecule has 0 spiro atoms. The van der Waals surface area contributed by atoms with Crippen LogP contribution < -0.4 is 0 Å². The van der Waals surface area contributed by atoms with Gasteiger partial charge in [-0.15, -0.1) is 0 Å². The number of aromatic nitrogens is 1. The molecule has 0 amide bonds. The summed E-state index contributed by atoms with van der Waals surface area (Å²) >= 11 is 0. The lowest BCUT2D eigenvalue weighted by molar-refractivity contribution is -0.138. The second-order valence-electron chi connectivity index (χ2n) is 5.45. The molecule has 1 unspecified atom stereocenters. The third-order valence-electron chi connectivity index (χ3n) is 3.80. The smallest absolute Gasteiger partial charge is 0.304 e. The van der Waals surface area contributed by atoms with Crippen molar-refractivity contribution in [2.24, 2.45) is 0 Å². The third kappa shape index (κ3) is 3.79. The van der Waals surface area contributed by atoms with Crippen molar-refractivity contribution in [2.45, 2.75) is 39.8 Å². The normalized spacial score (nSPS) is 12.8. The number of nitrogens with zero attached hydrogens (tertiary/aromatic N) is 2. The number of benzene rings is 1. The molecule has 1 aromatic carbocycles. The van der Waals surface area contributed by atoms with Gasteiger partial charge in [0.25, 0.3) is 0 Å². The Morgan fingerprint density at radius 2 is 2.10 bits per heavy atom. The Hall–Kier alpha value is -1.94. The highest BCUT2D eigenvalue weighted by Crippen LogP contribution is 2.21. The number of aryl methyl sites for hydroxylation is 1. The van der Waals surface area contributed by atoms with Crippen molar-refractivity contribution in [1.82, 2.24) is 9.88 Å². The lowest BCUT2D eigenvalue weighted by atomic mass is 10.1. The van der Waals surface area contributed by atoms with Gasteiger partial charge >= 0.3 is 5.97 Å². The largest absolute Gasteiger partial charge is 0.481 e. The van der Waals surface area contributed by atoms with Crippen LogP contribution in [-0.4, -0.2) is 33.5 Å². The lowest BCUT2D eigenvalue weighted by Gasteiger charge is -2.27. The fraction of sp³-hybridized carbons (Fsp3) is 0.412. The number of carboxylic acid groups (broad SMARTS) is 1. The first-order chi connectivity index (χ1) is 10.0. The van der Waals surface area contributed by atoms with Gasteiger partial charge < -0.3 is 5.11 Å². The maximum atomic E-state index is 10.9. The SMILES string of the molecule is CCN(Cc1cc(C)nc2ccccc12)C(C)CC(=O)O. The zero-order chi connectivity index (χ0) is 15.4. The molecule has 1 N–H and O–H groups in total. The van der Waals surface area contributed by atoms with Crippen LogP contribution in [0.4, 0.5) is 0 Å². The van der Waals surface area contributed by atoms with Crippen LogP contribution in [0.25, 0.3) is 10.9 Å². The monoisotopic (exact) mass is 286 g/mol. The third-order valence-corrected chi connectivity index (χ3v) is 3.80. The Kier molecular flexibility index (Phi) is 4.91. The predicted molar refractivity (Wildman–Crippen MR) is 84.3 cm³/mol. The van der Waals surface area contributed by atoms with E-state index in [4.69, 9.17) is 5.11 Å². The molecular weight excluding hydrogens is 264 g/mol. The number of pyridine rings is 1. The van der Waals surface area contributed by atoms with Crippen molar-refractivity contribution in [3.05, 3.63) is 41.6 Å². The molecule has 1 aromatic heterocycles. The van der Waals surface area contributed by atoms with Crippen molar-refractivity contribution in [1.29, 1.82) is 0 Å². The molecular formula is C17H22N2O2. The van der Waals surface area contributed by atoms with E-state index in [0.717, 1.165) is 29.7 Å². The van der Waals surface area contributed by atoms with Crippen LogP contribution in [0.1, 0.15) is 31.5 Å². The van der Waals surface area contributed by atoms with Gasteiger partial charge in [0, 0.05) is 23.7 Å².